The maximum absolute atomic E-state index is 12.6. The molecule has 2 N–H and O–H groups in total. The van der Waals surface area contributed by atoms with Gasteiger partial charge in [0.15, 0.2) is 5.88 Å². The molecule has 130 valence electrons. The number of nitrogens with zero attached hydrogens (tertiary/aromatic N) is 1. The van der Waals surface area contributed by atoms with Crippen molar-refractivity contribution in [3.8, 4) is 17.1 Å². The molecule has 6 heteroatoms. The van der Waals surface area contributed by atoms with E-state index in [4.69, 9.17) is 23.2 Å². The molecule has 0 spiro atoms. The molecule has 1 amide bonds. The third-order valence-electron chi connectivity index (χ3n) is 4.52. The second-order valence-corrected chi connectivity index (χ2v) is 7.11. The molecule has 0 saturated carbocycles. The van der Waals surface area contributed by atoms with E-state index in [0.717, 1.165) is 22.3 Å². The summed E-state index contributed by atoms with van der Waals surface area (Å²) in [5, 5.41) is 11.7. The third-order valence-corrected chi connectivity index (χ3v) is 5.37. The summed E-state index contributed by atoms with van der Waals surface area (Å²) in [5.41, 5.74) is 5.00. The molecule has 26 heavy (non-hydrogen) atoms. The van der Waals surface area contributed by atoms with Gasteiger partial charge in [0.1, 0.15) is 0 Å². The van der Waals surface area contributed by atoms with E-state index >= 15 is 0 Å². The van der Waals surface area contributed by atoms with E-state index in [2.05, 4.69) is 9.98 Å². The van der Waals surface area contributed by atoms with Crippen LogP contribution in [0.4, 0.5) is 0 Å². The molecule has 1 aromatic heterocycles. The Morgan fingerprint density at radius 3 is 2.12 bits per heavy atom. The summed E-state index contributed by atoms with van der Waals surface area (Å²) in [6.07, 6.45) is 0. The SMILES string of the molecule is Cc1cc(C2=NC(=O)c3c(-c4ccc(Cl)c(C)c4)[nH]c(O)c32)ccc1Cl. The molecule has 0 atom stereocenters. The lowest BCUT2D eigenvalue weighted by Gasteiger charge is -2.04. The smallest absolute Gasteiger partial charge is 0.280 e. The molecule has 0 aliphatic carbocycles. The van der Waals surface area contributed by atoms with Crippen LogP contribution >= 0.6 is 23.2 Å². The summed E-state index contributed by atoms with van der Waals surface area (Å²) in [6.45, 7) is 3.76. The first-order valence-electron chi connectivity index (χ1n) is 7.98. The number of hydrogen-bond donors (Lipinski definition) is 2. The number of aromatic nitrogens is 1. The highest BCUT2D eigenvalue weighted by Gasteiger charge is 2.33. The molecule has 0 saturated heterocycles. The molecule has 3 aromatic rings. The van der Waals surface area contributed by atoms with Crippen molar-refractivity contribution in [1.29, 1.82) is 0 Å². The number of halogens is 2. The van der Waals surface area contributed by atoms with E-state index in [9.17, 15) is 9.90 Å². The van der Waals surface area contributed by atoms with Crippen molar-refractivity contribution in [3.05, 3.63) is 74.3 Å². The first kappa shape index (κ1) is 16.9. The average molecular weight is 385 g/mol. The Balaban J connectivity index is 1.88. The summed E-state index contributed by atoms with van der Waals surface area (Å²) in [7, 11) is 0. The maximum atomic E-state index is 12.6. The van der Waals surface area contributed by atoms with Gasteiger partial charge in [-0.3, -0.25) is 4.79 Å². The van der Waals surface area contributed by atoms with Gasteiger partial charge in [0.05, 0.1) is 22.5 Å². The van der Waals surface area contributed by atoms with Crippen LogP contribution in [-0.4, -0.2) is 21.7 Å². The zero-order valence-electron chi connectivity index (χ0n) is 14.0. The van der Waals surface area contributed by atoms with Crippen LogP contribution in [0, 0.1) is 13.8 Å². The Morgan fingerprint density at radius 1 is 0.923 bits per heavy atom. The van der Waals surface area contributed by atoms with E-state index in [1.165, 1.54) is 0 Å². The quantitative estimate of drug-likeness (QED) is 0.629. The van der Waals surface area contributed by atoms with Crippen molar-refractivity contribution in [3.63, 3.8) is 0 Å². The molecule has 4 rings (SSSR count). The second kappa shape index (κ2) is 6.01. The predicted octanol–water partition coefficient (Wildman–Crippen LogP) is 5.30. The van der Waals surface area contributed by atoms with Crippen LogP contribution < -0.4 is 0 Å². The molecular weight excluding hydrogens is 371 g/mol. The summed E-state index contributed by atoms with van der Waals surface area (Å²) in [4.78, 5) is 19.7. The van der Waals surface area contributed by atoms with Crippen LogP contribution in [0.25, 0.3) is 11.3 Å². The zero-order valence-corrected chi connectivity index (χ0v) is 15.5. The summed E-state index contributed by atoms with van der Waals surface area (Å²) in [5.74, 6) is -0.471. The van der Waals surface area contributed by atoms with Crippen LogP contribution in [-0.2, 0) is 0 Å². The fraction of sp³-hybridized carbons (Fsp3) is 0.100. The fourth-order valence-electron chi connectivity index (χ4n) is 3.16. The number of carbonyl (C=O) groups is 1. The van der Waals surface area contributed by atoms with Gasteiger partial charge in [-0.15, -0.1) is 0 Å². The highest BCUT2D eigenvalue weighted by atomic mass is 35.5. The summed E-state index contributed by atoms with van der Waals surface area (Å²) in [6, 6.07) is 10.8. The Labute approximate surface area is 160 Å². The van der Waals surface area contributed by atoms with Crippen LogP contribution in [0.1, 0.15) is 32.6 Å². The van der Waals surface area contributed by atoms with Crippen molar-refractivity contribution >= 4 is 34.8 Å². The monoisotopic (exact) mass is 384 g/mol. The lowest BCUT2D eigenvalue weighted by molar-refractivity contribution is 0.101. The lowest BCUT2D eigenvalue weighted by atomic mass is 9.99. The minimum absolute atomic E-state index is 0.0835. The molecule has 4 nitrogen and oxygen atoms in total. The molecule has 0 radical (unpaired) electrons. The number of aryl methyl sites for hydroxylation is 2. The number of hydrogen-bond acceptors (Lipinski definition) is 2. The van der Waals surface area contributed by atoms with Crippen LogP contribution in [0.5, 0.6) is 5.88 Å². The number of carbonyl (C=O) groups excluding carboxylic acids is 1. The summed E-state index contributed by atoms with van der Waals surface area (Å²) < 4.78 is 0. The third kappa shape index (κ3) is 2.54. The maximum Gasteiger partial charge on any atom is 0.280 e. The van der Waals surface area contributed by atoms with Crippen LogP contribution in [0.3, 0.4) is 0 Å². The Morgan fingerprint density at radius 2 is 1.50 bits per heavy atom. The summed E-state index contributed by atoms with van der Waals surface area (Å²) >= 11 is 12.2. The number of fused-ring (bicyclic) bond motifs is 1. The minimum Gasteiger partial charge on any atom is -0.494 e. The van der Waals surface area contributed by atoms with Gasteiger partial charge < -0.3 is 10.1 Å². The molecule has 2 aromatic carbocycles. The lowest BCUT2D eigenvalue weighted by Crippen LogP contribution is -2.00. The van der Waals surface area contributed by atoms with Gasteiger partial charge in [-0.2, -0.15) is 0 Å². The standard InChI is InChI=1S/C20H14Cl2N2O2/c1-9-7-11(3-5-13(9)21)17-15-16(20(26)23-17)18(24-19(15)25)12-4-6-14(22)10(2)8-12/h3-8,23,26H,1-2H3. The second-order valence-electron chi connectivity index (χ2n) is 6.29. The molecule has 2 heterocycles. The normalized spacial score (nSPS) is 13.1. The molecule has 0 bridgehead atoms. The molecule has 0 unspecified atom stereocenters. The van der Waals surface area contributed by atoms with E-state index < -0.39 is 0 Å². The van der Waals surface area contributed by atoms with Gasteiger partial charge in [-0.1, -0.05) is 35.3 Å². The van der Waals surface area contributed by atoms with E-state index in [-0.39, 0.29) is 11.8 Å². The Kier molecular flexibility index (Phi) is 3.90. The Hall–Kier alpha value is -2.56. The minimum atomic E-state index is -0.387. The van der Waals surface area contributed by atoms with Gasteiger partial charge in [0.2, 0.25) is 0 Å². The number of rotatable bonds is 2. The van der Waals surface area contributed by atoms with Crippen molar-refractivity contribution in [2.24, 2.45) is 4.99 Å². The van der Waals surface area contributed by atoms with E-state index in [1.807, 2.05) is 26.0 Å². The number of aliphatic imine (C=N–C) groups is 1. The highest BCUT2D eigenvalue weighted by molar-refractivity contribution is 6.33. The van der Waals surface area contributed by atoms with Gasteiger partial charge >= 0.3 is 0 Å². The molecule has 1 aliphatic rings. The molecule has 1 aliphatic heterocycles. The van der Waals surface area contributed by atoms with Gasteiger partial charge in [0.25, 0.3) is 5.91 Å². The van der Waals surface area contributed by atoms with Gasteiger partial charge in [-0.05, 0) is 54.8 Å². The van der Waals surface area contributed by atoms with E-state index in [0.29, 0.717) is 32.6 Å². The predicted molar refractivity (Wildman–Crippen MR) is 104 cm³/mol. The van der Waals surface area contributed by atoms with Crippen molar-refractivity contribution < 1.29 is 9.90 Å². The fourth-order valence-corrected chi connectivity index (χ4v) is 3.40. The number of aromatic amines is 1. The van der Waals surface area contributed by atoms with Gasteiger partial charge in [-0.25, -0.2) is 4.99 Å². The molecule has 0 fully saturated rings. The molecular formula is C20H14Cl2N2O2. The van der Waals surface area contributed by atoms with Gasteiger partial charge in [0, 0.05) is 15.6 Å². The van der Waals surface area contributed by atoms with Crippen LogP contribution in [0.2, 0.25) is 10.0 Å². The zero-order chi connectivity index (χ0) is 18.6. The van der Waals surface area contributed by atoms with Crippen LogP contribution in [0.15, 0.2) is 41.4 Å². The number of aromatic hydroxyl groups is 1. The number of H-pyrrole nitrogens is 1. The first-order chi connectivity index (χ1) is 12.4. The number of benzene rings is 2. The van der Waals surface area contributed by atoms with Crippen molar-refractivity contribution in [1.82, 2.24) is 4.98 Å². The average Bonchev–Trinajstić information content (AvgIpc) is 3.12. The Bertz CT molecular complexity index is 1110. The first-order valence-corrected chi connectivity index (χ1v) is 8.73. The largest absolute Gasteiger partial charge is 0.494 e. The van der Waals surface area contributed by atoms with E-state index in [1.54, 1.807) is 24.3 Å². The van der Waals surface area contributed by atoms with Crippen molar-refractivity contribution in [2.75, 3.05) is 0 Å². The van der Waals surface area contributed by atoms with Crippen molar-refractivity contribution in [2.45, 2.75) is 13.8 Å². The topological polar surface area (TPSA) is 65.5 Å². The number of amides is 1. The number of nitrogens with one attached hydrogen (secondary N) is 1. The highest BCUT2D eigenvalue weighted by Crippen LogP contribution is 2.39.